The summed E-state index contributed by atoms with van der Waals surface area (Å²) in [5, 5.41) is 10.7. The van der Waals surface area contributed by atoms with Crippen molar-refractivity contribution in [3.05, 3.63) is 41.2 Å². The zero-order valence-electron chi connectivity index (χ0n) is 21.1. The summed E-state index contributed by atoms with van der Waals surface area (Å²) < 4.78 is 8.05. The van der Waals surface area contributed by atoms with Crippen LogP contribution >= 0.6 is 0 Å². The van der Waals surface area contributed by atoms with Gasteiger partial charge in [0.2, 0.25) is 0 Å². The minimum atomic E-state index is -0.600. The van der Waals surface area contributed by atoms with Crippen LogP contribution in [-0.4, -0.2) is 32.5 Å². The van der Waals surface area contributed by atoms with Gasteiger partial charge < -0.3 is 14.4 Å². The maximum Gasteiger partial charge on any atom is 0.306 e. The number of benzene rings is 1. The second kappa shape index (κ2) is 9.65. The topological polar surface area (TPSA) is 81.4 Å². The van der Waals surface area contributed by atoms with E-state index in [2.05, 4.69) is 22.6 Å². The Morgan fingerprint density at radius 1 is 1.21 bits per heavy atom. The molecule has 2 heterocycles. The van der Waals surface area contributed by atoms with Gasteiger partial charge in [0.25, 0.3) is 0 Å². The molecular weight excluding hydrogens is 428 g/mol. The van der Waals surface area contributed by atoms with E-state index in [1.807, 2.05) is 46.0 Å². The molecule has 6 heteroatoms. The summed E-state index contributed by atoms with van der Waals surface area (Å²) in [6.07, 6.45) is 5.88. The van der Waals surface area contributed by atoms with Gasteiger partial charge in [-0.15, -0.1) is 0 Å². The first-order chi connectivity index (χ1) is 16.1. The molecule has 2 bridgehead atoms. The number of esters is 1. The summed E-state index contributed by atoms with van der Waals surface area (Å²) in [6.45, 7) is 7.88. The molecule has 0 radical (unpaired) electrons. The number of carbonyl (C=O) groups excluding carboxylic acids is 2. The number of aliphatic hydroxyl groups excluding tert-OH is 1. The van der Waals surface area contributed by atoms with Crippen molar-refractivity contribution in [1.29, 1.82) is 0 Å². The number of Topliss-reactive ketones (excluding diaryl/α,β-unsaturated/α-hetero) is 1. The Morgan fingerprint density at radius 3 is 2.74 bits per heavy atom. The SMILES string of the molecule is C/C1=C/C[C@@H](c2ccc3c(c2)nc(C)n3C)OC(=O)CCC2(C)C[C@@H](CCC1)[C@H](O)[C@@H](C)C2=O. The van der Waals surface area contributed by atoms with Gasteiger partial charge in [-0.3, -0.25) is 9.59 Å². The predicted molar refractivity (Wildman–Crippen MR) is 132 cm³/mol. The Morgan fingerprint density at radius 2 is 1.97 bits per heavy atom. The number of allylic oxidation sites excluding steroid dienone is 1. The van der Waals surface area contributed by atoms with Crippen molar-refractivity contribution in [3.8, 4) is 0 Å². The molecule has 2 aliphatic rings. The molecule has 1 aromatic carbocycles. The van der Waals surface area contributed by atoms with Crippen LogP contribution < -0.4 is 0 Å². The van der Waals surface area contributed by atoms with E-state index in [0.717, 1.165) is 41.7 Å². The molecular formula is C28H38N2O4. The van der Waals surface area contributed by atoms with Crippen molar-refractivity contribution < 1.29 is 19.4 Å². The summed E-state index contributed by atoms with van der Waals surface area (Å²) >= 11 is 0. The molecule has 1 aliphatic carbocycles. The molecule has 2 aromatic rings. The van der Waals surface area contributed by atoms with Crippen LogP contribution in [0.5, 0.6) is 0 Å². The number of hydrogen-bond donors (Lipinski definition) is 1. The second-order valence-corrected chi connectivity index (χ2v) is 10.8. The zero-order valence-corrected chi connectivity index (χ0v) is 21.1. The number of carbonyl (C=O) groups is 2. The van der Waals surface area contributed by atoms with E-state index in [1.165, 1.54) is 5.57 Å². The van der Waals surface area contributed by atoms with Gasteiger partial charge in [-0.05, 0) is 69.6 Å². The van der Waals surface area contributed by atoms with Gasteiger partial charge in [-0.1, -0.05) is 31.6 Å². The van der Waals surface area contributed by atoms with Crippen LogP contribution in [0.2, 0.25) is 0 Å². The van der Waals surface area contributed by atoms with Gasteiger partial charge in [0, 0.05) is 31.2 Å². The number of rotatable bonds is 1. The van der Waals surface area contributed by atoms with Crippen molar-refractivity contribution >= 4 is 22.8 Å². The van der Waals surface area contributed by atoms with Crippen LogP contribution in [0.1, 0.15) is 83.2 Å². The normalized spacial score (nSPS) is 33.2. The van der Waals surface area contributed by atoms with Crippen LogP contribution in [-0.2, 0) is 21.4 Å². The van der Waals surface area contributed by atoms with Crippen molar-refractivity contribution in [2.45, 2.75) is 84.8 Å². The Labute approximate surface area is 202 Å². The van der Waals surface area contributed by atoms with Gasteiger partial charge in [0.15, 0.2) is 0 Å². The molecule has 1 saturated carbocycles. The molecule has 1 aliphatic heterocycles. The maximum atomic E-state index is 13.1. The maximum absolute atomic E-state index is 13.1. The Hall–Kier alpha value is -2.47. The van der Waals surface area contributed by atoms with Crippen LogP contribution in [0.25, 0.3) is 11.0 Å². The van der Waals surface area contributed by atoms with E-state index in [9.17, 15) is 14.7 Å². The third-order valence-corrected chi connectivity index (χ3v) is 8.20. The smallest absolute Gasteiger partial charge is 0.306 e. The number of fused-ring (bicyclic) bond motifs is 3. The van der Waals surface area contributed by atoms with Crippen LogP contribution in [0.3, 0.4) is 0 Å². The van der Waals surface area contributed by atoms with E-state index in [-0.39, 0.29) is 30.2 Å². The Balaban J connectivity index is 1.61. The van der Waals surface area contributed by atoms with Gasteiger partial charge in [0.1, 0.15) is 17.7 Å². The monoisotopic (exact) mass is 466 g/mol. The molecule has 184 valence electrons. The standard InChI is InChI=1S/C28H38N2O4/c1-17-7-6-8-21-16-28(4,27(33)18(2)26(21)32)14-13-25(31)34-24(12-9-17)20-10-11-23-22(15-20)29-19(3)30(23)5/h9-11,15,18,21,24,26,32H,6-8,12-14,16H2,1-5H3/b17-9-/t18-,21-,24+,26-,28?/m1/s1. The predicted octanol–water partition coefficient (Wildman–Crippen LogP) is 5.36. The quantitative estimate of drug-likeness (QED) is 0.452. The van der Waals surface area contributed by atoms with Crippen LogP contribution in [0.15, 0.2) is 29.8 Å². The minimum absolute atomic E-state index is 0.0692. The van der Waals surface area contributed by atoms with Crippen molar-refractivity contribution in [2.24, 2.45) is 24.3 Å². The number of cyclic esters (lactones) is 1. The lowest BCUT2D eigenvalue weighted by atomic mass is 9.62. The van der Waals surface area contributed by atoms with Crippen molar-refractivity contribution in [3.63, 3.8) is 0 Å². The average molecular weight is 467 g/mol. The van der Waals surface area contributed by atoms with Gasteiger partial charge in [0.05, 0.1) is 17.1 Å². The van der Waals surface area contributed by atoms with E-state index in [0.29, 0.717) is 19.3 Å². The summed E-state index contributed by atoms with van der Waals surface area (Å²) in [5.41, 5.74) is 3.54. The summed E-state index contributed by atoms with van der Waals surface area (Å²) in [6, 6.07) is 6.08. The molecule has 1 fully saturated rings. The van der Waals surface area contributed by atoms with E-state index in [4.69, 9.17) is 4.74 Å². The lowest BCUT2D eigenvalue weighted by Crippen LogP contribution is -2.48. The van der Waals surface area contributed by atoms with Crippen molar-refractivity contribution in [1.82, 2.24) is 9.55 Å². The van der Waals surface area contributed by atoms with E-state index >= 15 is 0 Å². The van der Waals surface area contributed by atoms with Crippen LogP contribution in [0, 0.1) is 24.2 Å². The van der Waals surface area contributed by atoms with Gasteiger partial charge >= 0.3 is 5.97 Å². The minimum Gasteiger partial charge on any atom is -0.457 e. The van der Waals surface area contributed by atoms with Crippen LogP contribution in [0.4, 0.5) is 0 Å². The first-order valence-corrected chi connectivity index (χ1v) is 12.6. The summed E-state index contributed by atoms with van der Waals surface area (Å²) in [5.74, 6) is 0.417. The van der Waals surface area contributed by atoms with Gasteiger partial charge in [-0.2, -0.15) is 0 Å². The first kappa shape index (κ1) is 24.6. The molecule has 6 nitrogen and oxygen atoms in total. The third-order valence-electron chi connectivity index (χ3n) is 8.20. The fourth-order valence-corrected chi connectivity index (χ4v) is 5.85. The number of aliphatic hydroxyl groups is 1. The number of ether oxygens (including phenoxy) is 1. The average Bonchev–Trinajstić information content (AvgIpc) is 3.09. The number of ketones is 1. The largest absolute Gasteiger partial charge is 0.457 e. The highest BCUT2D eigenvalue weighted by atomic mass is 16.5. The highest BCUT2D eigenvalue weighted by Crippen LogP contribution is 2.44. The fourth-order valence-electron chi connectivity index (χ4n) is 5.85. The molecule has 4 rings (SSSR count). The molecule has 0 spiro atoms. The lowest BCUT2D eigenvalue weighted by Gasteiger charge is -2.43. The molecule has 1 N–H and O–H groups in total. The number of imidazole rings is 1. The number of aromatic nitrogens is 2. The number of hydrogen-bond acceptors (Lipinski definition) is 5. The molecule has 1 unspecified atom stereocenters. The highest BCUT2D eigenvalue weighted by Gasteiger charge is 2.47. The van der Waals surface area contributed by atoms with E-state index in [1.54, 1.807) is 0 Å². The summed E-state index contributed by atoms with van der Waals surface area (Å²) in [7, 11) is 2.00. The molecule has 5 atom stereocenters. The molecule has 34 heavy (non-hydrogen) atoms. The number of nitrogens with zero attached hydrogens (tertiary/aromatic N) is 2. The number of aryl methyl sites for hydroxylation is 2. The van der Waals surface area contributed by atoms with Crippen molar-refractivity contribution in [2.75, 3.05) is 0 Å². The lowest BCUT2D eigenvalue weighted by molar-refractivity contribution is -0.152. The second-order valence-electron chi connectivity index (χ2n) is 10.8. The Bertz CT molecular complexity index is 1120. The van der Waals surface area contributed by atoms with E-state index < -0.39 is 17.4 Å². The third kappa shape index (κ3) is 4.83. The fraction of sp³-hybridized carbons (Fsp3) is 0.607. The Kier molecular flexibility index (Phi) is 6.99. The molecule has 0 saturated heterocycles. The highest BCUT2D eigenvalue weighted by molar-refractivity contribution is 5.88. The van der Waals surface area contributed by atoms with Gasteiger partial charge in [-0.25, -0.2) is 4.98 Å². The summed E-state index contributed by atoms with van der Waals surface area (Å²) in [4.78, 5) is 30.7. The molecule has 1 aromatic heterocycles. The molecule has 0 amide bonds. The first-order valence-electron chi connectivity index (χ1n) is 12.6. The zero-order chi connectivity index (χ0) is 24.6.